The van der Waals surface area contributed by atoms with Crippen molar-refractivity contribution in [2.75, 3.05) is 64.1 Å². The number of nitro groups is 2. The monoisotopic (exact) mass is 996 g/mol. The Balaban J connectivity index is 0.000000271. The standard InChI is InChI=1S/2C23H28N4O5.C4H4O4/c2*1-16(28)24-20-15-22(32-2)19(14-21(20)27(30)31)23(29)25-18-9-12-26(13-10-18)11-8-17-6-4-3-5-7-17;5-3(6)1-2-4(7)8/h2*3-7,14-15,18H,8-13H2,1-2H3,(H,24,28)(H,25,29);1-2H,(H,5,6)(H,7,8). The van der Waals surface area contributed by atoms with Crippen LogP contribution in [0, 0.1) is 20.2 Å². The molecule has 0 unspecified atom stereocenters. The Bertz CT molecular complexity index is 2390. The molecule has 0 spiro atoms. The molecule has 0 atom stereocenters. The van der Waals surface area contributed by atoms with E-state index in [2.05, 4.69) is 55.3 Å². The fourth-order valence-electron chi connectivity index (χ4n) is 7.85. The maximum Gasteiger partial charge on any atom is 0.328 e. The first-order valence-corrected chi connectivity index (χ1v) is 22.9. The minimum atomic E-state index is -1.26. The summed E-state index contributed by atoms with van der Waals surface area (Å²) >= 11 is 0. The second-order valence-electron chi connectivity index (χ2n) is 16.7. The molecule has 384 valence electrons. The quantitative estimate of drug-likeness (QED) is 0.0395. The number of nitrogens with zero attached hydrogens (tertiary/aromatic N) is 4. The number of rotatable bonds is 18. The number of carboxylic acid groups (broad SMARTS) is 2. The van der Waals surface area contributed by atoms with Gasteiger partial charge in [0.25, 0.3) is 23.2 Å². The topological polar surface area (TPSA) is 302 Å². The van der Waals surface area contributed by atoms with E-state index in [1.807, 2.05) is 36.4 Å². The Morgan fingerprint density at radius 1 is 0.597 bits per heavy atom. The number of methoxy groups -OCH3 is 2. The predicted octanol–water partition coefficient (Wildman–Crippen LogP) is 5.71. The molecule has 6 rings (SSSR count). The van der Waals surface area contributed by atoms with Crippen LogP contribution in [-0.2, 0) is 32.0 Å². The molecule has 2 aliphatic rings. The minimum absolute atomic E-state index is 0.0115. The van der Waals surface area contributed by atoms with E-state index in [-0.39, 0.29) is 57.5 Å². The largest absolute Gasteiger partial charge is 0.496 e. The highest BCUT2D eigenvalue weighted by Crippen LogP contribution is 2.34. The average Bonchev–Trinajstić information content (AvgIpc) is 3.35. The molecule has 0 saturated carbocycles. The number of anilines is 2. The number of likely N-dealkylation sites (tertiary alicyclic amines) is 2. The number of amides is 4. The van der Waals surface area contributed by atoms with Crippen LogP contribution in [0.25, 0.3) is 0 Å². The van der Waals surface area contributed by atoms with Gasteiger partial charge in [-0.25, -0.2) is 9.59 Å². The van der Waals surface area contributed by atoms with E-state index in [1.165, 1.54) is 51.3 Å². The van der Waals surface area contributed by atoms with Crippen LogP contribution in [-0.4, -0.2) is 131 Å². The van der Waals surface area contributed by atoms with E-state index in [4.69, 9.17) is 19.7 Å². The number of hydrogen-bond donors (Lipinski definition) is 6. The third kappa shape index (κ3) is 18.6. The Labute approximate surface area is 415 Å². The Morgan fingerprint density at radius 2 is 0.931 bits per heavy atom. The lowest BCUT2D eigenvalue weighted by Crippen LogP contribution is -2.45. The van der Waals surface area contributed by atoms with Crippen molar-refractivity contribution in [2.45, 2.75) is 64.5 Å². The fourth-order valence-corrected chi connectivity index (χ4v) is 7.85. The van der Waals surface area contributed by atoms with Crippen LogP contribution in [0.1, 0.15) is 71.4 Å². The molecule has 4 aromatic carbocycles. The SMILES string of the molecule is COc1cc(NC(C)=O)c([N+](=O)[O-])cc1C(=O)NC1CCN(CCc2ccccc2)CC1.COc1cc(NC(C)=O)c([N+](=O)[O-])cc1C(=O)NC1CCN(CCc2ccccc2)CC1.O=C(O)C=CC(=O)O. The van der Waals surface area contributed by atoms with Crippen molar-refractivity contribution >= 4 is 58.3 Å². The highest BCUT2D eigenvalue weighted by molar-refractivity contribution is 6.01. The van der Waals surface area contributed by atoms with Gasteiger partial charge in [-0.15, -0.1) is 0 Å². The van der Waals surface area contributed by atoms with E-state index in [9.17, 15) is 49.0 Å². The number of nitrogens with one attached hydrogen (secondary N) is 4. The van der Waals surface area contributed by atoms with Gasteiger partial charge < -0.3 is 50.8 Å². The number of aliphatic carboxylic acids is 2. The Hall–Kier alpha value is -8.24. The van der Waals surface area contributed by atoms with Gasteiger partial charge in [0.05, 0.1) is 35.2 Å². The Kier molecular flexibility index (Phi) is 22.3. The van der Waals surface area contributed by atoms with Crippen molar-refractivity contribution in [2.24, 2.45) is 0 Å². The number of carboxylic acids is 2. The number of hydrogen-bond acceptors (Lipinski definition) is 14. The molecule has 4 amide bonds. The van der Waals surface area contributed by atoms with Gasteiger partial charge in [0.15, 0.2) is 0 Å². The summed E-state index contributed by atoms with van der Waals surface area (Å²) in [6, 6.07) is 25.5. The van der Waals surface area contributed by atoms with Crippen molar-refractivity contribution in [3.8, 4) is 11.5 Å². The molecule has 22 heteroatoms. The molecule has 22 nitrogen and oxygen atoms in total. The van der Waals surface area contributed by atoms with Crippen LogP contribution < -0.4 is 30.7 Å². The molecule has 72 heavy (non-hydrogen) atoms. The average molecular weight is 997 g/mol. The summed E-state index contributed by atoms with van der Waals surface area (Å²) in [7, 11) is 2.75. The molecule has 6 N–H and O–H groups in total. The summed E-state index contributed by atoms with van der Waals surface area (Å²) in [5, 5.41) is 49.3. The van der Waals surface area contributed by atoms with Crippen LogP contribution in [0.3, 0.4) is 0 Å². The van der Waals surface area contributed by atoms with Crippen LogP contribution in [0.2, 0.25) is 0 Å². The zero-order valence-electron chi connectivity index (χ0n) is 40.5. The summed E-state index contributed by atoms with van der Waals surface area (Å²) < 4.78 is 10.5. The Morgan fingerprint density at radius 3 is 1.21 bits per heavy atom. The molecular weight excluding hydrogens is 937 g/mol. The molecule has 0 radical (unpaired) electrons. The summed E-state index contributed by atoms with van der Waals surface area (Å²) in [4.78, 5) is 94.0. The maximum atomic E-state index is 12.9. The molecule has 2 aliphatic heterocycles. The number of benzene rings is 4. The summed E-state index contributed by atoms with van der Waals surface area (Å²) in [6.07, 6.45) is 6.29. The number of carbonyl (C=O) groups excluding carboxylic acids is 4. The van der Waals surface area contributed by atoms with Gasteiger partial charge in [-0.1, -0.05) is 60.7 Å². The maximum absolute atomic E-state index is 12.9. The molecule has 2 saturated heterocycles. The number of carbonyl (C=O) groups is 6. The van der Waals surface area contributed by atoms with Crippen LogP contribution in [0.5, 0.6) is 11.5 Å². The van der Waals surface area contributed by atoms with Crippen molar-refractivity contribution in [3.05, 3.63) is 140 Å². The first-order valence-electron chi connectivity index (χ1n) is 22.9. The minimum Gasteiger partial charge on any atom is -0.496 e. The molecule has 0 aliphatic carbocycles. The molecule has 0 aromatic heterocycles. The van der Waals surface area contributed by atoms with Gasteiger partial charge >= 0.3 is 11.9 Å². The lowest BCUT2D eigenvalue weighted by Gasteiger charge is -2.32. The highest BCUT2D eigenvalue weighted by atomic mass is 16.6. The van der Waals surface area contributed by atoms with Crippen molar-refractivity contribution in [1.82, 2.24) is 20.4 Å². The second kappa shape index (κ2) is 28.4. The van der Waals surface area contributed by atoms with Crippen molar-refractivity contribution in [1.29, 1.82) is 0 Å². The van der Waals surface area contributed by atoms with Gasteiger partial charge in [-0.05, 0) is 49.7 Å². The van der Waals surface area contributed by atoms with Gasteiger partial charge in [0.1, 0.15) is 22.9 Å². The van der Waals surface area contributed by atoms with E-state index >= 15 is 0 Å². The molecule has 2 heterocycles. The van der Waals surface area contributed by atoms with Gasteiger partial charge in [0, 0.05) is 102 Å². The summed E-state index contributed by atoms with van der Waals surface area (Å²) in [6.45, 7) is 7.93. The smallest absolute Gasteiger partial charge is 0.328 e. The third-order valence-electron chi connectivity index (χ3n) is 11.5. The molecule has 0 bridgehead atoms. The zero-order valence-corrected chi connectivity index (χ0v) is 40.5. The number of ether oxygens (including phenoxy) is 2. The second-order valence-corrected chi connectivity index (χ2v) is 16.7. The van der Waals surface area contributed by atoms with Gasteiger partial charge in [0.2, 0.25) is 11.8 Å². The van der Waals surface area contributed by atoms with E-state index < -0.39 is 45.4 Å². The predicted molar refractivity (Wildman–Crippen MR) is 266 cm³/mol. The number of nitro benzene ring substituents is 2. The van der Waals surface area contributed by atoms with Crippen LogP contribution in [0.4, 0.5) is 22.7 Å². The normalized spacial score (nSPS) is 14.0. The van der Waals surface area contributed by atoms with E-state index in [0.29, 0.717) is 12.2 Å². The van der Waals surface area contributed by atoms with Crippen LogP contribution in [0.15, 0.2) is 97.1 Å². The highest BCUT2D eigenvalue weighted by Gasteiger charge is 2.28. The molecule has 2 fully saturated rings. The first kappa shape index (κ1) is 56.3. The fraction of sp³-hybridized carbons (Fsp3) is 0.360. The molecular formula is C50H60N8O14. The summed E-state index contributed by atoms with van der Waals surface area (Å²) in [5.41, 5.74) is 2.01. The molecule has 4 aromatic rings. The third-order valence-corrected chi connectivity index (χ3v) is 11.5. The lowest BCUT2D eigenvalue weighted by molar-refractivity contribution is -0.384. The van der Waals surface area contributed by atoms with E-state index in [1.54, 1.807) is 0 Å². The van der Waals surface area contributed by atoms with Gasteiger partial charge in [-0.2, -0.15) is 0 Å². The van der Waals surface area contributed by atoms with E-state index in [0.717, 1.165) is 89.9 Å². The van der Waals surface area contributed by atoms with Crippen LogP contribution >= 0.6 is 0 Å². The van der Waals surface area contributed by atoms with Crippen molar-refractivity contribution in [3.63, 3.8) is 0 Å². The van der Waals surface area contributed by atoms with Crippen molar-refractivity contribution < 1.29 is 58.3 Å². The zero-order chi connectivity index (χ0) is 52.7. The summed E-state index contributed by atoms with van der Waals surface area (Å²) in [5.74, 6) is -3.95. The first-order chi connectivity index (χ1) is 34.4. The van der Waals surface area contributed by atoms with Gasteiger partial charge in [-0.3, -0.25) is 39.4 Å². The lowest BCUT2D eigenvalue weighted by atomic mass is 10.0. The number of piperidine rings is 2.